The van der Waals surface area contributed by atoms with Gasteiger partial charge in [-0.1, -0.05) is 17.3 Å². The third kappa shape index (κ3) is 2.82. The fourth-order valence-electron chi connectivity index (χ4n) is 2.83. The lowest BCUT2D eigenvalue weighted by atomic mass is 10.1. The van der Waals surface area contributed by atoms with E-state index >= 15 is 0 Å². The average Bonchev–Trinajstić information content (AvgIpc) is 3.14. The van der Waals surface area contributed by atoms with Gasteiger partial charge >= 0.3 is 0 Å². The molecule has 0 aliphatic heterocycles. The summed E-state index contributed by atoms with van der Waals surface area (Å²) in [6.45, 7) is 0. The summed E-state index contributed by atoms with van der Waals surface area (Å²) in [7, 11) is 1.61. The molecule has 0 aliphatic rings. The highest BCUT2D eigenvalue weighted by Gasteiger charge is 2.19. The van der Waals surface area contributed by atoms with E-state index in [1.54, 1.807) is 36.3 Å². The lowest BCUT2D eigenvalue weighted by molar-refractivity contribution is 0.411. The van der Waals surface area contributed by atoms with E-state index in [0.717, 1.165) is 22.5 Å². The van der Waals surface area contributed by atoms with Crippen molar-refractivity contribution in [3.63, 3.8) is 0 Å². The van der Waals surface area contributed by atoms with Crippen molar-refractivity contribution in [2.45, 2.75) is 0 Å². The number of nitrogens with zero attached hydrogens (tertiary/aromatic N) is 4. The minimum absolute atomic E-state index is 0.295. The Morgan fingerprint density at radius 1 is 0.885 bits per heavy atom. The van der Waals surface area contributed by atoms with Crippen LogP contribution in [0.5, 0.6) is 5.75 Å². The van der Waals surface area contributed by atoms with Crippen LogP contribution in [-0.4, -0.2) is 27.1 Å². The van der Waals surface area contributed by atoms with Crippen LogP contribution >= 0.6 is 0 Å². The number of para-hydroxylation sites is 2. The predicted molar refractivity (Wildman–Crippen MR) is 96.5 cm³/mol. The second kappa shape index (κ2) is 6.76. The Morgan fingerprint density at radius 2 is 1.62 bits per heavy atom. The summed E-state index contributed by atoms with van der Waals surface area (Å²) < 4.78 is 20.5. The van der Waals surface area contributed by atoms with E-state index in [-0.39, 0.29) is 5.82 Å². The van der Waals surface area contributed by atoms with E-state index in [0.29, 0.717) is 11.4 Å². The largest absolute Gasteiger partial charge is 0.494 e. The molecule has 0 saturated carbocycles. The smallest absolute Gasteiger partial charge is 0.144 e. The molecule has 0 amide bonds. The highest BCUT2D eigenvalue weighted by molar-refractivity contribution is 5.79. The molecular weight excluding hydrogens is 331 g/mol. The van der Waals surface area contributed by atoms with Gasteiger partial charge < -0.3 is 4.74 Å². The molecule has 2 aromatic carbocycles. The zero-order valence-corrected chi connectivity index (χ0v) is 14.0. The van der Waals surface area contributed by atoms with Crippen LogP contribution in [0.2, 0.25) is 0 Å². The fraction of sp³-hybridized carbons (Fsp3) is 0.0500. The summed E-state index contributed by atoms with van der Waals surface area (Å²) in [5, 5.41) is 8.70. The molecule has 0 unspecified atom stereocenters. The Morgan fingerprint density at radius 3 is 2.35 bits per heavy atom. The molecule has 128 valence electrons. The average molecular weight is 346 g/mol. The predicted octanol–water partition coefficient (Wildman–Crippen LogP) is 4.14. The summed E-state index contributed by atoms with van der Waals surface area (Å²) in [5.74, 6) is 0.384. The van der Waals surface area contributed by atoms with Crippen molar-refractivity contribution in [2.24, 2.45) is 0 Å². The van der Waals surface area contributed by atoms with Crippen LogP contribution in [0.25, 0.3) is 28.2 Å². The number of rotatable bonds is 4. The van der Waals surface area contributed by atoms with Gasteiger partial charge in [0.05, 0.1) is 7.11 Å². The van der Waals surface area contributed by atoms with Crippen LogP contribution in [0.4, 0.5) is 4.39 Å². The summed E-state index contributed by atoms with van der Waals surface area (Å²) >= 11 is 0. The SMILES string of the molecule is COc1ccccc1-n1nnc(-c2ccc(F)cc2)c1-c1ccncc1. The van der Waals surface area contributed by atoms with Crippen LogP contribution in [0.3, 0.4) is 0 Å². The first-order valence-electron chi connectivity index (χ1n) is 8.03. The van der Waals surface area contributed by atoms with Crippen molar-refractivity contribution in [3.05, 3.63) is 78.9 Å². The van der Waals surface area contributed by atoms with E-state index in [1.165, 1.54) is 12.1 Å². The summed E-state index contributed by atoms with van der Waals surface area (Å²) in [4.78, 5) is 4.08. The number of hydrogen-bond acceptors (Lipinski definition) is 4. The van der Waals surface area contributed by atoms with Crippen molar-refractivity contribution in [2.75, 3.05) is 7.11 Å². The van der Waals surface area contributed by atoms with E-state index in [4.69, 9.17) is 4.74 Å². The number of ether oxygens (including phenoxy) is 1. The van der Waals surface area contributed by atoms with Crippen molar-refractivity contribution in [1.29, 1.82) is 0 Å². The first kappa shape index (κ1) is 16.0. The summed E-state index contributed by atoms with van der Waals surface area (Å²) in [5.41, 5.74) is 3.88. The van der Waals surface area contributed by atoms with Gasteiger partial charge in [0, 0.05) is 23.5 Å². The van der Waals surface area contributed by atoms with Crippen LogP contribution < -0.4 is 4.74 Å². The van der Waals surface area contributed by atoms with Crippen LogP contribution in [0, 0.1) is 5.82 Å². The number of pyridine rings is 1. The lowest BCUT2D eigenvalue weighted by Crippen LogP contribution is -2.02. The monoisotopic (exact) mass is 346 g/mol. The van der Waals surface area contributed by atoms with Gasteiger partial charge in [0.25, 0.3) is 0 Å². The fourth-order valence-corrected chi connectivity index (χ4v) is 2.83. The molecule has 0 aliphatic carbocycles. The quantitative estimate of drug-likeness (QED) is 0.557. The molecule has 6 heteroatoms. The van der Waals surface area contributed by atoms with E-state index < -0.39 is 0 Å². The molecule has 2 aromatic heterocycles. The zero-order chi connectivity index (χ0) is 17.9. The highest BCUT2D eigenvalue weighted by Crippen LogP contribution is 2.34. The zero-order valence-electron chi connectivity index (χ0n) is 14.0. The van der Waals surface area contributed by atoms with Gasteiger partial charge in [-0.3, -0.25) is 4.98 Å². The minimum Gasteiger partial charge on any atom is -0.494 e. The Balaban J connectivity index is 1.97. The third-order valence-electron chi connectivity index (χ3n) is 4.06. The molecule has 0 bridgehead atoms. The number of benzene rings is 2. The molecule has 2 heterocycles. The highest BCUT2D eigenvalue weighted by atomic mass is 19.1. The van der Waals surface area contributed by atoms with E-state index in [9.17, 15) is 4.39 Å². The normalized spacial score (nSPS) is 10.7. The summed E-state index contributed by atoms with van der Waals surface area (Å²) in [6, 6.07) is 17.6. The third-order valence-corrected chi connectivity index (χ3v) is 4.06. The number of methoxy groups -OCH3 is 1. The molecule has 0 spiro atoms. The second-order valence-electron chi connectivity index (χ2n) is 5.61. The van der Waals surface area contributed by atoms with Crippen molar-refractivity contribution >= 4 is 0 Å². The van der Waals surface area contributed by atoms with E-state index in [2.05, 4.69) is 15.3 Å². The van der Waals surface area contributed by atoms with Gasteiger partial charge in [0.2, 0.25) is 0 Å². The molecule has 0 N–H and O–H groups in total. The molecule has 0 saturated heterocycles. The number of halogens is 1. The first-order valence-corrected chi connectivity index (χ1v) is 8.03. The molecule has 26 heavy (non-hydrogen) atoms. The first-order chi connectivity index (χ1) is 12.8. The maximum atomic E-state index is 13.3. The standard InChI is InChI=1S/C20H15FN4O/c1-26-18-5-3-2-4-17(18)25-20(15-10-12-22-13-11-15)19(23-24-25)14-6-8-16(21)9-7-14/h2-13H,1H3. The van der Waals surface area contributed by atoms with Crippen molar-refractivity contribution in [1.82, 2.24) is 20.0 Å². The van der Waals surface area contributed by atoms with Crippen molar-refractivity contribution < 1.29 is 9.13 Å². The van der Waals surface area contributed by atoms with Crippen LogP contribution in [0.1, 0.15) is 0 Å². The Kier molecular flexibility index (Phi) is 4.15. The topological polar surface area (TPSA) is 52.8 Å². The Labute approximate surface area is 149 Å². The lowest BCUT2D eigenvalue weighted by Gasteiger charge is -2.11. The maximum absolute atomic E-state index is 13.3. The molecule has 0 atom stereocenters. The minimum atomic E-state index is -0.295. The van der Waals surface area contributed by atoms with Gasteiger partial charge in [-0.2, -0.15) is 0 Å². The van der Waals surface area contributed by atoms with Crippen LogP contribution in [0.15, 0.2) is 73.1 Å². The van der Waals surface area contributed by atoms with Crippen LogP contribution in [-0.2, 0) is 0 Å². The number of hydrogen-bond donors (Lipinski definition) is 0. The molecule has 5 nitrogen and oxygen atoms in total. The van der Waals surface area contributed by atoms with Gasteiger partial charge in [0.15, 0.2) is 0 Å². The molecule has 0 fully saturated rings. The molecule has 4 rings (SSSR count). The van der Waals surface area contributed by atoms with Gasteiger partial charge in [-0.15, -0.1) is 5.10 Å². The second-order valence-corrected chi connectivity index (χ2v) is 5.61. The summed E-state index contributed by atoms with van der Waals surface area (Å²) in [6.07, 6.45) is 3.42. The Bertz CT molecular complexity index is 1030. The molecule has 0 radical (unpaired) electrons. The molecular formula is C20H15FN4O. The Hall–Kier alpha value is -3.54. The number of aromatic nitrogens is 4. The van der Waals surface area contributed by atoms with Gasteiger partial charge in [-0.25, -0.2) is 9.07 Å². The van der Waals surface area contributed by atoms with E-state index in [1.807, 2.05) is 36.4 Å². The van der Waals surface area contributed by atoms with Gasteiger partial charge in [-0.05, 0) is 48.5 Å². The molecule has 4 aromatic rings. The van der Waals surface area contributed by atoms with Crippen molar-refractivity contribution in [3.8, 4) is 34.0 Å². The maximum Gasteiger partial charge on any atom is 0.144 e. The van der Waals surface area contributed by atoms with Gasteiger partial charge in [0.1, 0.15) is 28.6 Å².